The number of nitrogens with zero attached hydrogens (tertiary/aromatic N) is 1. The highest BCUT2D eigenvalue weighted by Crippen LogP contribution is 2.27. The lowest BCUT2D eigenvalue weighted by molar-refractivity contribution is 0.0694. The van der Waals surface area contributed by atoms with Crippen molar-refractivity contribution in [1.29, 1.82) is 0 Å². The van der Waals surface area contributed by atoms with Crippen molar-refractivity contribution in [3.8, 4) is 0 Å². The van der Waals surface area contributed by atoms with Gasteiger partial charge in [0.05, 0.1) is 5.38 Å². The maximum Gasteiger partial charge on any atom is 0.270 e. The molecule has 1 saturated carbocycles. The first-order valence-electron chi connectivity index (χ1n) is 6.20. The van der Waals surface area contributed by atoms with E-state index in [0.29, 0.717) is 5.69 Å². The highest BCUT2D eigenvalue weighted by Gasteiger charge is 2.30. The lowest BCUT2D eigenvalue weighted by Gasteiger charge is -2.34. The van der Waals surface area contributed by atoms with Gasteiger partial charge in [-0.05, 0) is 18.9 Å². The Morgan fingerprint density at radius 3 is 2.78 bits per heavy atom. The molecular formula is C13H17ClN2O2. The van der Waals surface area contributed by atoms with Crippen LogP contribution in [0.4, 0.5) is 0 Å². The zero-order valence-corrected chi connectivity index (χ0v) is 11.1. The van der Waals surface area contributed by atoms with E-state index in [4.69, 9.17) is 11.6 Å². The summed E-state index contributed by atoms with van der Waals surface area (Å²) in [5.74, 6) is -0.176. The number of pyridine rings is 1. The van der Waals surface area contributed by atoms with Gasteiger partial charge in [-0.25, -0.2) is 0 Å². The molecule has 1 aliphatic rings. The maximum absolute atomic E-state index is 12.2. The summed E-state index contributed by atoms with van der Waals surface area (Å²) in [5, 5.41) is 0.00290. The van der Waals surface area contributed by atoms with Gasteiger partial charge in [0.2, 0.25) is 5.56 Å². The number of carbonyl (C=O) groups excluding carboxylic acids is 1. The Balaban J connectivity index is 2.15. The van der Waals surface area contributed by atoms with Crippen LogP contribution in [0.15, 0.2) is 23.0 Å². The molecule has 0 saturated heterocycles. The van der Waals surface area contributed by atoms with Gasteiger partial charge in [-0.2, -0.15) is 0 Å². The smallest absolute Gasteiger partial charge is 0.270 e. The van der Waals surface area contributed by atoms with Crippen LogP contribution in [0, 0.1) is 0 Å². The summed E-state index contributed by atoms with van der Waals surface area (Å²) in [4.78, 5) is 27.7. The molecule has 2 unspecified atom stereocenters. The van der Waals surface area contributed by atoms with Crippen LogP contribution in [0.1, 0.15) is 36.2 Å². The molecule has 18 heavy (non-hydrogen) atoms. The summed E-state index contributed by atoms with van der Waals surface area (Å²) in [5.41, 5.74) is 0.0553. The van der Waals surface area contributed by atoms with Crippen LogP contribution < -0.4 is 5.56 Å². The van der Waals surface area contributed by atoms with E-state index in [9.17, 15) is 9.59 Å². The fourth-order valence-electron chi connectivity index (χ4n) is 2.42. The second kappa shape index (κ2) is 5.57. The number of hydrogen-bond donors (Lipinski definition) is 1. The standard InChI is InChI=1S/C13H17ClN2O2/c1-16(11-7-3-2-5-9(11)14)13(18)10-6-4-8-12(17)15-10/h4,6,8-9,11H,2-3,5,7H2,1H3,(H,15,17). The second-order valence-electron chi connectivity index (χ2n) is 4.71. The van der Waals surface area contributed by atoms with Crippen molar-refractivity contribution >= 4 is 17.5 Å². The van der Waals surface area contributed by atoms with Crippen LogP contribution in [0.2, 0.25) is 0 Å². The number of rotatable bonds is 2. The Bertz CT molecular complexity index is 486. The minimum Gasteiger partial charge on any atom is -0.336 e. The number of amides is 1. The monoisotopic (exact) mass is 268 g/mol. The van der Waals surface area contributed by atoms with Gasteiger partial charge >= 0.3 is 0 Å². The Kier molecular flexibility index (Phi) is 4.07. The van der Waals surface area contributed by atoms with Crippen molar-refractivity contribution in [2.75, 3.05) is 7.05 Å². The van der Waals surface area contributed by atoms with E-state index in [0.717, 1.165) is 25.7 Å². The molecule has 5 heteroatoms. The third kappa shape index (κ3) is 2.75. The molecule has 98 valence electrons. The van der Waals surface area contributed by atoms with Crippen LogP contribution in [0.3, 0.4) is 0 Å². The predicted octanol–water partition coefficient (Wildman–Crippen LogP) is 2.00. The van der Waals surface area contributed by atoms with E-state index in [1.807, 2.05) is 0 Å². The predicted molar refractivity (Wildman–Crippen MR) is 71.1 cm³/mol. The van der Waals surface area contributed by atoms with Crippen molar-refractivity contribution < 1.29 is 4.79 Å². The number of nitrogens with one attached hydrogen (secondary N) is 1. The van der Waals surface area contributed by atoms with Gasteiger partial charge in [-0.1, -0.05) is 18.9 Å². The summed E-state index contributed by atoms with van der Waals surface area (Å²) in [7, 11) is 1.75. The molecule has 1 aromatic heterocycles. The summed E-state index contributed by atoms with van der Waals surface area (Å²) in [6.45, 7) is 0. The van der Waals surface area contributed by atoms with Crippen molar-refractivity contribution in [3.63, 3.8) is 0 Å². The van der Waals surface area contributed by atoms with Crippen molar-refractivity contribution in [2.45, 2.75) is 37.1 Å². The van der Waals surface area contributed by atoms with Crippen molar-refractivity contribution in [1.82, 2.24) is 9.88 Å². The minimum atomic E-state index is -0.264. The number of halogens is 1. The van der Waals surface area contributed by atoms with E-state index in [1.54, 1.807) is 24.1 Å². The van der Waals surface area contributed by atoms with Crippen molar-refractivity contribution in [2.24, 2.45) is 0 Å². The fourth-order valence-corrected chi connectivity index (χ4v) is 2.86. The molecular weight excluding hydrogens is 252 g/mol. The molecule has 1 N–H and O–H groups in total. The Morgan fingerprint density at radius 2 is 2.11 bits per heavy atom. The number of hydrogen-bond acceptors (Lipinski definition) is 2. The number of H-pyrrole nitrogens is 1. The van der Waals surface area contributed by atoms with E-state index in [1.165, 1.54) is 6.07 Å². The van der Waals surface area contributed by atoms with E-state index in [-0.39, 0.29) is 22.9 Å². The molecule has 2 atom stereocenters. The van der Waals surface area contributed by atoms with Gasteiger partial charge in [0.1, 0.15) is 5.69 Å². The second-order valence-corrected chi connectivity index (χ2v) is 5.27. The van der Waals surface area contributed by atoms with E-state index in [2.05, 4.69) is 4.98 Å². The Labute approximate surface area is 111 Å². The highest BCUT2D eigenvalue weighted by molar-refractivity contribution is 6.21. The largest absolute Gasteiger partial charge is 0.336 e. The number of aromatic amines is 1. The van der Waals surface area contributed by atoms with Crippen molar-refractivity contribution in [3.05, 3.63) is 34.2 Å². The summed E-state index contributed by atoms with van der Waals surface area (Å²) < 4.78 is 0. The summed E-state index contributed by atoms with van der Waals surface area (Å²) >= 11 is 6.27. The molecule has 0 radical (unpaired) electrons. The molecule has 0 bridgehead atoms. The summed E-state index contributed by atoms with van der Waals surface area (Å²) in [6, 6.07) is 4.64. The van der Waals surface area contributed by atoms with E-state index >= 15 is 0 Å². The molecule has 0 aromatic carbocycles. The molecule has 2 rings (SSSR count). The molecule has 1 amide bonds. The van der Waals surface area contributed by atoms with Gasteiger partial charge in [0.15, 0.2) is 0 Å². The quantitative estimate of drug-likeness (QED) is 0.834. The molecule has 1 aromatic rings. The maximum atomic E-state index is 12.2. The lowest BCUT2D eigenvalue weighted by atomic mass is 9.93. The SMILES string of the molecule is CN(C(=O)c1cccc(=O)[nH]1)C1CCCCC1Cl. The molecule has 0 aliphatic heterocycles. The molecule has 1 aliphatic carbocycles. The van der Waals surface area contributed by atoms with Gasteiger partial charge in [0, 0.05) is 19.2 Å². The molecule has 1 heterocycles. The third-order valence-corrected chi connectivity index (χ3v) is 3.97. The first kappa shape index (κ1) is 13.1. The Morgan fingerprint density at radius 1 is 1.39 bits per heavy atom. The van der Waals surface area contributed by atoms with Crippen LogP contribution in [-0.2, 0) is 0 Å². The van der Waals surface area contributed by atoms with Crippen LogP contribution in [0.25, 0.3) is 0 Å². The number of aromatic nitrogens is 1. The van der Waals surface area contributed by atoms with Gasteiger partial charge < -0.3 is 9.88 Å². The Hall–Kier alpha value is -1.29. The van der Waals surface area contributed by atoms with Crippen LogP contribution >= 0.6 is 11.6 Å². The fraction of sp³-hybridized carbons (Fsp3) is 0.538. The summed E-state index contributed by atoms with van der Waals surface area (Å²) in [6.07, 6.45) is 4.08. The average molecular weight is 269 g/mol. The zero-order chi connectivity index (χ0) is 13.1. The van der Waals surface area contributed by atoms with Crippen LogP contribution in [-0.4, -0.2) is 34.3 Å². The molecule has 4 nitrogen and oxygen atoms in total. The molecule has 0 spiro atoms. The third-order valence-electron chi connectivity index (χ3n) is 3.46. The topological polar surface area (TPSA) is 53.2 Å². The average Bonchev–Trinajstić information content (AvgIpc) is 2.37. The minimum absolute atomic E-state index is 0.00290. The molecule has 1 fully saturated rings. The van der Waals surface area contributed by atoms with E-state index < -0.39 is 0 Å². The zero-order valence-electron chi connectivity index (χ0n) is 10.4. The number of carbonyl (C=O) groups is 1. The first-order valence-corrected chi connectivity index (χ1v) is 6.64. The van der Waals surface area contributed by atoms with Gasteiger partial charge in [-0.15, -0.1) is 11.6 Å². The van der Waals surface area contributed by atoms with Gasteiger partial charge in [0.25, 0.3) is 5.91 Å². The first-order chi connectivity index (χ1) is 8.59. The lowest BCUT2D eigenvalue weighted by Crippen LogP contribution is -2.44. The normalized spacial score (nSPS) is 23.7. The highest BCUT2D eigenvalue weighted by atomic mass is 35.5. The van der Waals surface area contributed by atoms with Gasteiger partial charge in [-0.3, -0.25) is 9.59 Å². The van der Waals surface area contributed by atoms with Crippen LogP contribution in [0.5, 0.6) is 0 Å². The number of alkyl halides is 1.